The lowest BCUT2D eigenvalue weighted by Crippen LogP contribution is -2.20. The van der Waals surface area contributed by atoms with E-state index in [1.165, 1.54) is 12.1 Å². The molecular formula is C16H17ClN2O2. The number of nitro benzene ring substituents is 1. The summed E-state index contributed by atoms with van der Waals surface area (Å²) < 4.78 is 0. The second-order valence-electron chi connectivity index (χ2n) is 4.82. The number of non-ortho nitro benzene ring substituents is 1. The molecule has 0 heterocycles. The first-order valence-corrected chi connectivity index (χ1v) is 7.20. The van der Waals surface area contributed by atoms with E-state index in [1.54, 1.807) is 12.1 Å². The zero-order chi connectivity index (χ0) is 15.2. The Labute approximate surface area is 128 Å². The lowest BCUT2D eigenvalue weighted by Gasteiger charge is -2.17. The molecule has 2 aromatic rings. The fraction of sp³-hybridized carbons (Fsp3) is 0.250. The number of halogens is 1. The maximum Gasteiger partial charge on any atom is 0.269 e. The molecule has 1 atom stereocenters. The van der Waals surface area contributed by atoms with Crippen molar-refractivity contribution in [3.05, 3.63) is 74.8 Å². The van der Waals surface area contributed by atoms with Gasteiger partial charge in [-0.05, 0) is 29.7 Å². The van der Waals surface area contributed by atoms with E-state index in [2.05, 4.69) is 12.2 Å². The molecule has 0 amide bonds. The summed E-state index contributed by atoms with van der Waals surface area (Å²) in [5.41, 5.74) is 2.27. The van der Waals surface area contributed by atoms with E-state index in [-0.39, 0.29) is 11.7 Å². The van der Waals surface area contributed by atoms with E-state index < -0.39 is 4.92 Å². The van der Waals surface area contributed by atoms with Crippen LogP contribution in [0.3, 0.4) is 0 Å². The van der Waals surface area contributed by atoms with Crippen molar-refractivity contribution in [3.63, 3.8) is 0 Å². The van der Waals surface area contributed by atoms with Crippen LogP contribution in [0.1, 0.15) is 30.5 Å². The summed E-state index contributed by atoms with van der Waals surface area (Å²) >= 11 is 6.02. The third-order valence-corrected chi connectivity index (χ3v) is 3.59. The van der Waals surface area contributed by atoms with Crippen LogP contribution in [0.25, 0.3) is 0 Å². The Bertz CT molecular complexity index is 614. The molecule has 2 rings (SSSR count). The summed E-state index contributed by atoms with van der Waals surface area (Å²) in [4.78, 5) is 10.2. The molecule has 0 bridgehead atoms. The molecule has 5 heteroatoms. The van der Waals surface area contributed by atoms with Crippen molar-refractivity contribution >= 4 is 17.3 Å². The van der Waals surface area contributed by atoms with Crippen LogP contribution in [0.15, 0.2) is 48.5 Å². The largest absolute Gasteiger partial charge is 0.306 e. The number of nitro groups is 1. The first-order chi connectivity index (χ1) is 10.1. The van der Waals surface area contributed by atoms with Crippen molar-refractivity contribution in [1.29, 1.82) is 0 Å². The highest BCUT2D eigenvalue weighted by Crippen LogP contribution is 2.21. The summed E-state index contributed by atoms with van der Waals surface area (Å²) in [6, 6.07) is 14.6. The molecule has 21 heavy (non-hydrogen) atoms. The predicted octanol–water partition coefficient (Wildman–Crippen LogP) is 4.49. The van der Waals surface area contributed by atoms with Gasteiger partial charge in [0.25, 0.3) is 5.69 Å². The van der Waals surface area contributed by atoms with Gasteiger partial charge in [-0.3, -0.25) is 10.1 Å². The second-order valence-corrected chi connectivity index (χ2v) is 5.26. The van der Waals surface area contributed by atoms with Gasteiger partial charge in [0.05, 0.1) is 4.92 Å². The molecule has 4 nitrogen and oxygen atoms in total. The van der Waals surface area contributed by atoms with Crippen LogP contribution in [0.5, 0.6) is 0 Å². The van der Waals surface area contributed by atoms with Crippen molar-refractivity contribution in [1.82, 2.24) is 5.32 Å². The van der Waals surface area contributed by atoms with Crippen LogP contribution >= 0.6 is 11.6 Å². The Kier molecular flexibility index (Phi) is 5.31. The first kappa shape index (κ1) is 15.5. The monoisotopic (exact) mass is 304 g/mol. The maximum absolute atomic E-state index is 10.6. The first-order valence-electron chi connectivity index (χ1n) is 6.82. The highest BCUT2D eigenvalue weighted by Gasteiger charge is 2.10. The molecule has 110 valence electrons. The Morgan fingerprint density at radius 2 is 1.95 bits per heavy atom. The summed E-state index contributed by atoms with van der Waals surface area (Å²) in [7, 11) is 0. The van der Waals surface area contributed by atoms with Crippen LogP contribution < -0.4 is 5.32 Å². The molecule has 0 aliphatic heterocycles. The van der Waals surface area contributed by atoms with Gasteiger partial charge in [-0.1, -0.05) is 42.8 Å². The standard InChI is InChI=1S/C16H17ClN2O2/c1-2-16(13-4-3-5-14(17)10-13)18-11-12-6-8-15(9-7-12)19(20)21/h3-10,16,18H,2,11H2,1H3. The molecule has 1 N–H and O–H groups in total. The summed E-state index contributed by atoms with van der Waals surface area (Å²) in [5, 5.41) is 14.8. The van der Waals surface area contributed by atoms with Gasteiger partial charge in [0.2, 0.25) is 0 Å². The molecule has 0 saturated carbocycles. The third-order valence-electron chi connectivity index (χ3n) is 3.36. The van der Waals surface area contributed by atoms with Crippen LogP contribution in [0.2, 0.25) is 5.02 Å². The molecular weight excluding hydrogens is 288 g/mol. The van der Waals surface area contributed by atoms with E-state index in [0.717, 1.165) is 22.6 Å². The zero-order valence-corrected chi connectivity index (χ0v) is 12.5. The van der Waals surface area contributed by atoms with E-state index in [0.29, 0.717) is 6.54 Å². The number of nitrogens with one attached hydrogen (secondary N) is 1. The molecule has 1 unspecified atom stereocenters. The van der Waals surface area contributed by atoms with Gasteiger partial charge in [0, 0.05) is 29.7 Å². The molecule has 2 aromatic carbocycles. The van der Waals surface area contributed by atoms with Crippen molar-refractivity contribution in [2.45, 2.75) is 25.9 Å². The SMILES string of the molecule is CCC(NCc1ccc([N+](=O)[O-])cc1)c1cccc(Cl)c1. The molecule has 0 saturated heterocycles. The van der Waals surface area contributed by atoms with Crippen LogP contribution in [0.4, 0.5) is 5.69 Å². The minimum absolute atomic E-state index is 0.112. The average molecular weight is 305 g/mol. The van der Waals surface area contributed by atoms with E-state index in [9.17, 15) is 10.1 Å². The molecule has 0 aliphatic carbocycles. The lowest BCUT2D eigenvalue weighted by molar-refractivity contribution is -0.384. The topological polar surface area (TPSA) is 55.2 Å². The molecule has 0 radical (unpaired) electrons. The molecule has 0 fully saturated rings. The fourth-order valence-corrected chi connectivity index (χ4v) is 2.40. The number of nitrogens with zero attached hydrogens (tertiary/aromatic N) is 1. The Balaban J connectivity index is 2.01. The van der Waals surface area contributed by atoms with E-state index in [4.69, 9.17) is 11.6 Å². The normalized spacial score (nSPS) is 12.1. The minimum atomic E-state index is -0.391. The smallest absolute Gasteiger partial charge is 0.269 e. The van der Waals surface area contributed by atoms with Gasteiger partial charge in [-0.2, -0.15) is 0 Å². The van der Waals surface area contributed by atoms with E-state index in [1.807, 2.05) is 24.3 Å². The van der Waals surface area contributed by atoms with Crippen LogP contribution in [-0.2, 0) is 6.54 Å². The van der Waals surface area contributed by atoms with Gasteiger partial charge in [-0.25, -0.2) is 0 Å². The second kappa shape index (κ2) is 7.20. The Morgan fingerprint density at radius 3 is 2.52 bits per heavy atom. The average Bonchev–Trinajstić information content (AvgIpc) is 2.48. The predicted molar refractivity (Wildman–Crippen MR) is 84.4 cm³/mol. The van der Waals surface area contributed by atoms with E-state index >= 15 is 0 Å². The summed E-state index contributed by atoms with van der Waals surface area (Å²) in [5.74, 6) is 0. The van der Waals surface area contributed by atoms with Crippen LogP contribution in [0, 0.1) is 10.1 Å². The molecule has 0 aromatic heterocycles. The van der Waals surface area contributed by atoms with Crippen molar-refractivity contribution < 1.29 is 4.92 Å². The van der Waals surface area contributed by atoms with Crippen molar-refractivity contribution in [3.8, 4) is 0 Å². The number of rotatable bonds is 6. The lowest BCUT2D eigenvalue weighted by atomic mass is 10.0. The summed E-state index contributed by atoms with van der Waals surface area (Å²) in [6.07, 6.45) is 0.938. The molecule has 0 spiro atoms. The van der Waals surface area contributed by atoms with Gasteiger partial charge < -0.3 is 5.32 Å². The Morgan fingerprint density at radius 1 is 1.24 bits per heavy atom. The van der Waals surface area contributed by atoms with Gasteiger partial charge in [-0.15, -0.1) is 0 Å². The highest BCUT2D eigenvalue weighted by atomic mass is 35.5. The summed E-state index contributed by atoms with van der Waals surface area (Å²) in [6.45, 7) is 2.76. The van der Waals surface area contributed by atoms with Gasteiger partial charge in [0.1, 0.15) is 0 Å². The fourth-order valence-electron chi connectivity index (χ4n) is 2.20. The maximum atomic E-state index is 10.6. The van der Waals surface area contributed by atoms with Gasteiger partial charge >= 0.3 is 0 Å². The third kappa shape index (κ3) is 4.28. The number of benzene rings is 2. The van der Waals surface area contributed by atoms with Crippen LogP contribution in [-0.4, -0.2) is 4.92 Å². The minimum Gasteiger partial charge on any atom is -0.306 e. The Hall–Kier alpha value is -1.91. The van der Waals surface area contributed by atoms with Crippen molar-refractivity contribution in [2.24, 2.45) is 0 Å². The zero-order valence-electron chi connectivity index (χ0n) is 11.8. The molecule has 0 aliphatic rings. The highest BCUT2D eigenvalue weighted by molar-refractivity contribution is 6.30. The quantitative estimate of drug-likeness (QED) is 0.632. The number of hydrogen-bond acceptors (Lipinski definition) is 3. The van der Waals surface area contributed by atoms with Crippen molar-refractivity contribution in [2.75, 3.05) is 0 Å². The number of hydrogen-bond donors (Lipinski definition) is 1. The van der Waals surface area contributed by atoms with Gasteiger partial charge in [0.15, 0.2) is 0 Å².